The van der Waals surface area contributed by atoms with E-state index in [4.69, 9.17) is 24.7 Å². The summed E-state index contributed by atoms with van der Waals surface area (Å²) in [5.41, 5.74) is 8.52. The highest BCUT2D eigenvalue weighted by Gasteiger charge is 2.40. The number of hydrogen-bond donors (Lipinski definition) is 2. The van der Waals surface area contributed by atoms with Crippen molar-refractivity contribution in [3.05, 3.63) is 120 Å². The number of ketones is 2. The van der Waals surface area contributed by atoms with Crippen LogP contribution in [0.25, 0.3) is 64.6 Å². The molecule has 0 radical (unpaired) electrons. The minimum absolute atomic E-state index is 0.00986. The number of carbonyl (C=O) groups is 8. The average molecular weight is 1200 g/mol. The van der Waals surface area contributed by atoms with Crippen molar-refractivity contribution in [2.45, 2.75) is 76.0 Å². The summed E-state index contributed by atoms with van der Waals surface area (Å²) in [6.45, 7) is 13.7. The van der Waals surface area contributed by atoms with Gasteiger partial charge < -0.3 is 48.6 Å². The number of rotatable bonds is 20. The molecule has 24 heteroatoms. The highest BCUT2D eigenvalue weighted by Crippen LogP contribution is 2.45. The second kappa shape index (κ2) is 27.2. The molecule has 0 unspecified atom stereocenters. The molecule has 1 aliphatic carbocycles. The number of benzene rings is 8. The number of Topliss-reactive ketones (excluding diaryl/α,β-unsaturated/α-hetero) is 2. The largest absolute Gasteiger partial charge is 0.744 e. The van der Waals surface area contributed by atoms with Gasteiger partial charge in [-0.25, -0.2) is 31.2 Å². The third kappa shape index (κ3) is 14.7. The molecule has 3 N–H and O–H groups in total. The van der Waals surface area contributed by atoms with E-state index in [0.29, 0.717) is 73.3 Å². The lowest BCUT2D eigenvalue weighted by Gasteiger charge is -2.19. The van der Waals surface area contributed by atoms with E-state index >= 15 is 0 Å². The topological polar surface area (TPSA) is 344 Å². The molecule has 0 heterocycles. The Hall–Kier alpha value is -8.94. The summed E-state index contributed by atoms with van der Waals surface area (Å²) in [6.07, 6.45) is 2.49. The van der Waals surface area contributed by atoms with Crippen molar-refractivity contribution in [3.8, 4) is 11.5 Å². The van der Waals surface area contributed by atoms with E-state index in [2.05, 4.69) is 27.9 Å². The zero-order valence-corrected chi connectivity index (χ0v) is 48.3. The average Bonchev–Trinajstić information content (AvgIpc) is 1.13. The molecule has 1 saturated carbocycles. The van der Waals surface area contributed by atoms with Crippen molar-refractivity contribution in [3.63, 3.8) is 0 Å². The van der Waals surface area contributed by atoms with Crippen LogP contribution in [0.15, 0.2) is 108 Å². The first-order valence-electron chi connectivity index (χ1n) is 26.5. The maximum atomic E-state index is 12.6. The Morgan fingerprint density at radius 3 is 1.29 bits per heavy atom. The predicted octanol–water partition coefficient (Wildman–Crippen LogP) is 7.80. The highest BCUT2D eigenvalue weighted by atomic mass is 32.2. The lowest BCUT2D eigenvalue weighted by Crippen LogP contribution is -2.28. The number of nitrogens with one attached hydrogen (secondary N) is 1. The van der Waals surface area contributed by atoms with Gasteiger partial charge in [0.05, 0.1) is 9.79 Å². The Labute approximate surface area is 487 Å². The van der Waals surface area contributed by atoms with Crippen molar-refractivity contribution in [1.29, 1.82) is 0 Å². The second-order valence-corrected chi connectivity index (χ2v) is 22.3. The summed E-state index contributed by atoms with van der Waals surface area (Å²) in [7, 11) is -9.36. The summed E-state index contributed by atoms with van der Waals surface area (Å²) in [5, 5.41) is 10.8. The molecule has 0 aliphatic heterocycles. The monoisotopic (exact) mass is 1200 g/mol. The van der Waals surface area contributed by atoms with Crippen LogP contribution in [0.2, 0.25) is 0 Å². The molecule has 0 atom stereocenters. The second-order valence-electron chi connectivity index (χ2n) is 19.6. The van der Waals surface area contributed by atoms with E-state index in [1.54, 1.807) is 50.2 Å². The Balaban J connectivity index is 0.000000197. The molecule has 8 aromatic rings. The SMILES string of the molecule is C=CC(=O)OCCOC(=O)C1C(=O)CCC1=O.C=CC(=O)OCCOC(=O)NCCCC(=O)Oc1cc(C)c2ccc3c(C)cc(S(=O)(=O)[O-])c4ccc1c2c34.Cc1cc(OC(=O)CCCN)c2ccc3c(S(=O)(=O)[O-])cc(C)c4ccc1c2c43. The van der Waals surface area contributed by atoms with Gasteiger partial charge in [0.2, 0.25) is 0 Å². The number of ether oxygens (including phenoxy) is 6. The Morgan fingerprint density at radius 2 is 0.894 bits per heavy atom. The molecule has 0 saturated heterocycles. The Kier molecular flexibility index (Phi) is 20.4. The Morgan fingerprint density at radius 1 is 0.541 bits per heavy atom. The van der Waals surface area contributed by atoms with Gasteiger partial charge in [0.15, 0.2) is 17.5 Å². The van der Waals surface area contributed by atoms with Gasteiger partial charge in [0.1, 0.15) is 58.2 Å². The number of hydrogen-bond acceptors (Lipinski definition) is 21. The van der Waals surface area contributed by atoms with E-state index in [1.807, 2.05) is 38.1 Å². The maximum Gasteiger partial charge on any atom is 0.407 e. The van der Waals surface area contributed by atoms with Crippen LogP contribution in [0.3, 0.4) is 0 Å². The fourth-order valence-corrected chi connectivity index (χ4v) is 11.4. The summed E-state index contributed by atoms with van der Waals surface area (Å²) >= 11 is 0. The summed E-state index contributed by atoms with van der Waals surface area (Å²) < 4.78 is 102. The van der Waals surface area contributed by atoms with Gasteiger partial charge in [-0.1, -0.05) is 49.6 Å². The molecule has 85 heavy (non-hydrogen) atoms. The molecule has 446 valence electrons. The molecule has 0 bridgehead atoms. The fraction of sp³-hybridized carbons (Fsp3) is 0.279. The lowest BCUT2D eigenvalue weighted by atomic mass is 9.90. The van der Waals surface area contributed by atoms with Crippen molar-refractivity contribution in [2.75, 3.05) is 39.5 Å². The van der Waals surface area contributed by atoms with Crippen LogP contribution >= 0.6 is 0 Å². The van der Waals surface area contributed by atoms with Crippen LogP contribution in [0.5, 0.6) is 11.5 Å². The number of nitrogens with two attached hydrogens (primary N) is 1. The number of aryl methyl sites for hydroxylation is 4. The van der Waals surface area contributed by atoms with Crippen LogP contribution in [0.1, 0.15) is 60.8 Å². The van der Waals surface area contributed by atoms with Gasteiger partial charge in [-0.05, 0) is 138 Å². The minimum atomic E-state index is -4.72. The number of alkyl carbamates (subject to hydrolysis) is 1. The third-order valence-electron chi connectivity index (χ3n) is 13.8. The molecule has 0 aromatic heterocycles. The zero-order valence-electron chi connectivity index (χ0n) is 46.6. The highest BCUT2D eigenvalue weighted by molar-refractivity contribution is 7.86. The molecule has 1 aliphatic rings. The van der Waals surface area contributed by atoms with E-state index < -0.39 is 67.7 Å². The van der Waals surface area contributed by atoms with E-state index in [9.17, 15) is 64.3 Å². The molecular formula is C61H58N2O20S2-2. The number of amides is 1. The molecule has 1 amide bonds. The molecule has 22 nitrogen and oxygen atoms in total. The van der Waals surface area contributed by atoms with Gasteiger partial charge in [0, 0.05) is 76.7 Å². The van der Waals surface area contributed by atoms with Gasteiger partial charge in [-0.15, -0.1) is 0 Å². The zero-order chi connectivity index (χ0) is 62.1. The van der Waals surface area contributed by atoms with Gasteiger partial charge in [0.25, 0.3) is 0 Å². The lowest BCUT2D eigenvalue weighted by molar-refractivity contribution is -0.156. The van der Waals surface area contributed by atoms with Crippen molar-refractivity contribution >= 4 is 132 Å². The molecule has 1 fully saturated rings. The van der Waals surface area contributed by atoms with Crippen molar-refractivity contribution in [2.24, 2.45) is 11.7 Å². The van der Waals surface area contributed by atoms with Gasteiger partial charge in [-0.2, -0.15) is 0 Å². The standard InChI is InChI=1S/C28H27NO9S.C22H21NO5S.C11H12O6/c1-4-24(30)36-12-13-37-28(32)29-11-5-6-25(31)38-22-14-16(2)18-7-8-19-17(3)15-23(39(33,34)35)21-10-9-20(22)26(18)27(19)21;1-12-10-18(28-20(24)4-3-9-23)16-7-8-17-19(29(25,26)27)11-13(2)15-6-5-14(12)21(16)22(15)17;1-2-9(14)16-5-6-17-11(15)10-7(12)3-4-8(10)13/h4,7-10,14-15H,1,5-6,11-13H2,2-3H3,(H,29,32)(H,33,34,35);5-8,10-11H,3-4,9,23H2,1-2H3,(H,25,26,27);2,10H,1,3-6H2/p-2. The van der Waals surface area contributed by atoms with E-state index in [-0.39, 0.29) is 80.8 Å². The van der Waals surface area contributed by atoms with Crippen LogP contribution in [-0.2, 0) is 72.7 Å². The summed E-state index contributed by atoms with van der Waals surface area (Å²) in [6, 6.07) is 20.6. The van der Waals surface area contributed by atoms with E-state index in [1.165, 1.54) is 12.1 Å². The van der Waals surface area contributed by atoms with Gasteiger partial charge >= 0.3 is 35.9 Å². The van der Waals surface area contributed by atoms with Crippen molar-refractivity contribution in [1.82, 2.24) is 5.32 Å². The van der Waals surface area contributed by atoms with Crippen LogP contribution in [0.4, 0.5) is 4.79 Å². The third-order valence-corrected chi connectivity index (χ3v) is 15.6. The quantitative estimate of drug-likeness (QED) is 0.0107. The normalized spacial score (nSPS) is 12.6. The number of carbonyl (C=O) groups excluding carboxylic acids is 8. The first kappa shape index (κ1) is 63.6. The molecular weight excluding hydrogens is 1140 g/mol. The van der Waals surface area contributed by atoms with Crippen LogP contribution < -0.4 is 20.5 Å². The Bertz CT molecular complexity index is 4210. The van der Waals surface area contributed by atoms with Crippen molar-refractivity contribution < 1.29 is 92.7 Å². The minimum Gasteiger partial charge on any atom is -0.744 e. The predicted molar refractivity (Wildman–Crippen MR) is 309 cm³/mol. The first-order chi connectivity index (χ1) is 40.3. The molecule has 0 spiro atoms. The summed E-state index contributed by atoms with van der Waals surface area (Å²) in [5.74, 6) is -4.39. The van der Waals surface area contributed by atoms with E-state index in [0.717, 1.165) is 50.2 Å². The fourth-order valence-electron chi connectivity index (χ4n) is 9.93. The summed E-state index contributed by atoms with van der Waals surface area (Å²) in [4.78, 5) is 91.3. The van der Waals surface area contributed by atoms with Crippen LogP contribution in [0, 0.1) is 33.6 Å². The first-order valence-corrected chi connectivity index (χ1v) is 29.3. The molecule has 9 rings (SSSR count). The maximum absolute atomic E-state index is 12.6. The molecule has 8 aromatic carbocycles. The van der Waals surface area contributed by atoms with Crippen LogP contribution in [-0.4, -0.2) is 113 Å². The van der Waals surface area contributed by atoms with Gasteiger partial charge in [-0.3, -0.25) is 24.0 Å². The number of esters is 5. The smallest absolute Gasteiger partial charge is 0.407 e.